The molecule has 0 radical (unpaired) electrons. The van der Waals surface area contributed by atoms with Crippen LogP contribution in [0.4, 0.5) is 13.2 Å². The van der Waals surface area contributed by atoms with E-state index in [4.69, 9.17) is 0 Å². The Labute approximate surface area is 59.9 Å². The third kappa shape index (κ3) is 2.70. The zero-order valence-electron chi connectivity index (χ0n) is 6.00. The van der Waals surface area contributed by atoms with Gasteiger partial charge in [-0.05, 0) is 20.2 Å². The maximum atomic E-state index is 12.3. The van der Waals surface area contributed by atoms with Crippen LogP contribution in [0.25, 0.3) is 0 Å². The number of halogens is 3. The van der Waals surface area contributed by atoms with Crippen molar-refractivity contribution in [2.75, 3.05) is 12.3 Å². The van der Waals surface area contributed by atoms with Crippen molar-refractivity contribution in [2.24, 2.45) is 0 Å². The summed E-state index contributed by atoms with van der Waals surface area (Å²) in [4.78, 5) is 0. The van der Waals surface area contributed by atoms with Gasteiger partial charge in [-0.1, -0.05) is 13.8 Å². The number of rotatable bonds is 3. The molecular formula is C6H10F3P. The van der Waals surface area contributed by atoms with E-state index in [-0.39, 0.29) is 0 Å². The van der Waals surface area contributed by atoms with E-state index in [0.29, 0.717) is 12.3 Å². The van der Waals surface area contributed by atoms with Gasteiger partial charge in [-0.15, -0.1) is 0 Å². The molecule has 0 atom stereocenters. The van der Waals surface area contributed by atoms with Gasteiger partial charge >= 0.3 is 6.08 Å². The first-order valence-electron chi connectivity index (χ1n) is 3.09. The van der Waals surface area contributed by atoms with Gasteiger partial charge in [0, 0.05) is 0 Å². The molecule has 0 aliphatic carbocycles. The van der Waals surface area contributed by atoms with E-state index in [1.54, 1.807) is 13.8 Å². The predicted octanol–water partition coefficient (Wildman–Crippen LogP) is 3.54. The minimum atomic E-state index is -2.14. The third-order valence-electron chi connectivity index (χ3n) is 1.20. The van der Waals surface area contributed by atoms with Crippen LogP contribution in [-0.4, -0.2) is 12.3 Å². The molecule has 0 saturated carbocycles. The van der Waals surface area contributed by atoms with Gasteiger partial charge in [0.25, 0.3) is 0 Å². The average Bonchev–Trinajstić information content (AvgIpc) is 1.90. The molecule has 0 aromatic heterocycles. The molecule has 0 rings (SSSR count). The van der Waals surface area contributed by atoms with Gasteiger partial charge in [0.15, 0.2) is 5.57 Å². The first-order valence-corrected chi connectivity index (χ1v) is 4.80. The normalized spacial score (nSPS) is 10.2. The molecule has 4 heteroatoms. The Hall–Kier alpha value is -0.0400. The van der Waals surface area contributed by atoms with Gasteiger partial charge in [-0.3, -0.25) is 0 Å². The van der Waals surface area contributed by atoms with E-state index >= 15 is 0 Å². The van der Waals surface area contributed by atoms with Crippen LogP contribution >= 0.6 is 7.92 Å². The van der Waals surface area contributed by atoms with E-state index in [1.165, 1.54) is 0 Å². The Bertz CT molecular complexity index is 125. The number of hydrogen-bond donors (Lipinski definition) is 0. The molecule has 0 heterocycles. The summed E-state index contributed by atoms with van der Waals surface area (Å²) >= 11 is 0. The Balaban J connectivity index is 4.15. The Kier molecular flexibility index (Phi) is 4.71. The maximum absolute atomic E-state index is 12.3. The Morgan fingerprint density at radius 1 is 1.10 bits per heavy atom. The van der Waals surface area contributed by atoms with Crippen molar-refractivity contribution < 1.29 is 13.2 Å². The molecule has 0 fully saturated rings. The van der Waals surface area contributed by atoms with Crippen LogP contribution in [-0.2, 0) is 0 Å². The highest BCUT2D eigenvalue weighted by Gasteiger charge is 2.14. The lowest BCUT2D eigenvalue weighted by Gasteiger charge is -2.07. The lowest BCUT2D eigenvalue weighted by molar-refractivity contribution is 0.393. The zero-order chi connectivity index (χ0) is 8.15. The molecule has 0 N–H and O–H groups in total. The Morgan fingerprint density at radius 2 is 1.50 bits per heavy atom. The van der Waals surface area contributed by atoms with Gasteiger partial charge in [-0.2, -0.15) is 8.78 Å². The number of hydrogen-bond acceptors (Lipinski definition) is 0. The maximum Gasteiger partial charge on any atom is 0.305 e. The van der Waals surface area contributed by atoms with Crippen molar-refractivity contribution in [1.29, 1.82) is 0 Å². The van der Waals surface area contributed by atoms with Crippen LogP contribution in [0, 0.1) is 0 Å². The molecular weight excluding hydrogens is 160 g/mol. The molecule has 0 aromatic rings. The van der Waals surface area contributed by atoms with Gasteiger partial charge in [0.2, 0.25) is 0 Å². The summed E-state index contributed by atoms with van der Waals surface area (Å²) in [7, 11) is -1.19. The lowest BCUT2D eigenvalue weighted by Crippen LogP contribution is -1.83. The van der Waals surface area contributed by atoms with Crippen LogP contribution in [0.3, 0.4) is 0 Å². The predicted molar refractivity (Wildman–Crippen MR) is 38.4 cm³/mol. The zero-order valence-corrected chi connectivity index (χ0v) is 6.89. The van der Waals surface area contributed by atoms with Crippen LogP contribution in [0.1, 0.15) is 13.8 Å². The standard InChI is InChI=1S/C6H10F3P/c1-3-10(4-2)6(9)5(7)8/h3-4H2,1-2H3. The average molecular weight is 170 g/mol. The SMILES string of the molecule is CCP(CC)C(F)=C(F)F. The first kappa shape index (κ1) is 9.96. The molecule has 0 aliphatic heterocycles. The van der Waals surface area contributed by atoms with Gasteiger partial charge in [-0.25, -0.2) is 4.39 Å². The highest BCUT2D eigenvalue weighted by molar-refractivity contribution is 7.61. The van der Waals surface area contributed by atoms with Crippen molar-refractivity contribution in [3.8, 4) is 0 Å². The van der Waals surface area contributed by atoms with Crippen LogP contribution < -0.4 is 0 Å². The van der Waals surface area contributed by atoms with E-state index in [2.05, 4.69) is 0 Å². The van der Waals surface area contributed by atoms with Gasteiger partial charge in [0.05, 0.1) is 0 Å². The van der Waals surface area contributed by atoms with Crippen molar-refractivity contribution in [2.45, 2.75) is 13.8 Å². The van der Waals surface area contributed by atoms with E-state index in [9.17, 15) is 13.2 Å². The summed E-state index contributed by atoms with van der Waals surface area (Å²) in [5.41, 5.74) is -1.18. The van der Waals surface area contributed by atoms with Crippen LogP contribution in [0.5, 0.6) is 0 Å². The Morgan fingerprint density at radius 3 is 1.60 bits per heavy atom. The molecule has 0 aromatic carbocycles. The second kappa shape index (κ2) is 4.73. The highest BCUT2D eigenvalue weighted by atomic mass is 31.1. The van der Waals surface area contributed by atoms with Crippen molar-refractivity contribution in [1.82, 2.24) is 0 Å². The smallest absolute Gasteiger partial charge is 0.201 e. The fourth-order valence-corrected chi connectivity index (χ4v) is 1.86. The van der Waals surface area contributed by atoms with Crippen LogP contribution in [0.2, 0.25) is 0 Å². The van der Waals surface area contributed by atoms with E-state index < -0.39 is 19.6 Å². The quantitative estimate of drug-likeness (QED) is 0.568. The molecule has 0 spiro atoms. The second-order valence-corrected chi connectivity index (χ2v) is 4.46. The molecule has 0 bridgehead atoms. The molecule has 60 valence electrons. The fourth-order valence-electron chi connectivity index (χ4n) is 0.621. The van der Waals surface area contributed by atoms with E-state index in [0.717, 1.165) is 0 Å². The summed E-state index contributed by atoms with van der Waals surface area (Å²) in [6, 6.07) is 0. The summed E-state index contributed by atoms with van der Waals surface area (Å²) in [5.74, 6) is 0. The largest absolute Gasteiger partial charge is 0.305 e. The first-order chi connectivity index (χ1) is 4.63. The molecule has 0 nitrogen and oxygen atoms in total. The van der Waals surface area contributed by atoms with Crippen molar-refractivity contribution in [3.63, 3.8) is 0 Å². The highest BCUT2D eigenvalue weighted by Crippen LogP contribution is 2.46. The van der Waals surface area contributed by atoms with Gasteiger partial charge < -0.3 is 0 Å². The van der Waals surface area contributed by atoms with Gasteiger partial charge in [0.1, 0.15) is 0 Å². The summed E-state index contributed by atoms with van der Waals surface area (Å²) in [6.07, 6.45) is -1.15. The summed E-state index contributed by atoms with van der Waals surface area (Å²) in [5, 5.41) is 0. The summed E-state index contributed by atoms with van der Waals surface area (Å²) in [6.45, 7) is 3.44. The fraction of sp³-hybridized carbons (Fsp3) is 0.667. The molecule has 0 aliphatic rings. The van der Waals surface area contributed by atoms with Crippen molar-refractivity contribution in [3.05, 3.63) is 11.6 Å². The molecule has 0 amide bonds. The third-order valence-corrected chi connectivity index (χ3v) is 3.45. The minimum absolute atomic E-state index is 0.495. The van der Waals surface area contributed by atoms with Crippen molar-refractivity contribution >= 4 is 7.92 Å². The lowest BCUT2D eigenvalue weighted by atomic mass is 11.0. The monoisotopic (exact) mass is 170 g/mol. The molecule has 0 unspecified atom stereocenters. The topological polar surface area (TPSA) is 0 Å². The second-order valence-electron chi connectivity index (χ2n) is 1.72. The summed E-state index contributed by atoms with van der Waals surface area (Å²) < 4.78 is 35.5. The minimum Gasteiger partial charge on any atom is -0.201 e. The van der Waals surface area contributed by atoms with Crippen LogP contribution in [0.15, 0.2) is 11.6 Å². The van der Waals surface area contributed by atoms with E-state index in [1.807, 2.05) is 0 Å². The molecule has 0 saturated heterocycles. The molecule has 10 heavy (non-hydrogen) atoms.